The Morgan fingerprint density at radius 3 is 2.70 bits per heavy atom. The molecule has 7 heteroatoms. The van der Waals surface area contributed by atoms with Crippen LogP contribution in [-0.4, -0.2) is 43.6 Å². The number of nitrogens with one attached hydrogen (secondary N) is 2. The van der Waals surface area contributed by atoms with Crippen LogP contribution < -0.4 is 15.5 Å². The minimum atomic E-state index is 0.680. The predicted octanol–water partition coefficient (Wildman–Crippen LogP) is 2.97. The van der Waals surface area contributed by atoms with E-state index < -0.39 is 0 Å². The predicted molar refractivity (Wildman–Crippen MR) is 115 cm³/mol. The number of hydrogen-bond donors (Lipinski definition) is 2. The van der Waals surface area contributed by atoms with E-state index in [9.17, 15) is 0 Å². The molecule has 3 aromatic rings. The number of anilines is 1. The molecule has 6 nitrogen and oxygen atoms in total. The third-order valence-corrected chi connectivity index (χ3v) is 5.08. The molecule has 0 saturated carbocycles. The van der Waals surface area contributed by atoms with Crippen molar-refractivity contribution in [1.82, 2.24) is 20.6 Å². The van der Waals surface area contributed by atoms with Gasteiger partial charge in [0.2, 0.25) is 0 Å². The lowest BCUT2D eigenvalue weighted by Crippen LogP contribution is -2.38. The number of aromatic nitrogens is 2. The summed E-state index contributed by atoms with van der Waals surface area (Å²) in [4.78, 5) is 15.6. The molecular formula is C20H26N6S. The van der Waals surface area contributed by atoms with Gasteiger partial charge in [-0.1, -0.05) is 18.2 Å². The van der Waals surface area contributed by atoms with Gasteiger partial charge in [-0.3, -0.25) is 4.99 Å². The first kappa shape index (κ1) is 19.1. The lowest BCUT2D eigenvalue weighted by atomic mass is 10.1. The summed E-state index contributed by atoms with van der Waals surface area (Å²) >= 11 is 1.69. The molecule has 1 aromatic carbocycles. The molecule has 0 aliphatic carbocycles. The molecule has 142 valence electrons. The van der Waals surface area contributed by atoms with Crippen molar-refractivity contribution in [2.75, 3.05) is 32.6 Å². The van der Waals surface area contributed by atoms with Crippen molar-refractivity contribution in [2.24, 2.45) is 4.99 Å². The smallest absolute Gasteiger partial charge is 0.191 e. The van der Waals surface area contributed by atoms with E-state index in [1.165, 1.54) is 5.56 Å². The van der Waals surface area contributed by atoms with E-state index in [2.05, 4.69) is 44.2 Å². The number of para-hydroxylation sites is 1. The topological polar surface area (TPSA) is 65.4 Å². The SMILES string of the molecule is CN=C(NCCc1csc(C)n1)NCc1cc(N(C)C)nc2ccccc12. The maximum atomic E-state index is 4.71. The van der Waals surface area contributed by atoms with Crippen LogP contribution in [0.25, 0.3) is 10.9 Å². The van der Waals surface area contributed by atoms with E-state index in [0.29, 0.717) is 6.54 Å². The number of aryl methyl sites for hydroxylation is 1. The Labute approximate surface area is 164 Å². The maximum Gasteiger partial charge on any atom is 0.191 e. The molecule has 0 bridgehead atoms. The zero-order valence-electron chi connectivity index (χ0n) is 16.3. The van der Waals surface area contributed by atoms with Crippen LogP contribution in [0.15, 0.2) is 40.7 Å². The minimum absolute atomic E-state index is 0.680. The van der Waals surface area contributed by atoms with E-state index in [-0.39, 0.29) is 0 Å². The highest BCUT2D eigenvalue weighted by atomic mass is 32.1. The molecule has 0 radical (unpaired) electrons. The number of guanidine groups is 1. The molecule has 0 aliphatic heterocycles. The zero-order chi connectivity index (χ0) is 19.2. The highest BCUT2D eigenvalue weighted by molar-refractivity contribution is 7.09. The van der Waals surface area contributed by atoms with Gasteiger partial charge < -0.3 is 15.5 Å². The van der Waals surface area contributed by atoms with Crippen LogP contribution in [0.5, 0.6) is 0 Å². The average Bonchev–Trinajstić information content (AvgIpc) is 3.09. The van der Waals surface area contributed by atoms with Crippen LogP contribution in [0.2, 0.25) is 0 Å². The van der Waals surface area contributed by atoms with Crippen molar-refractivity contribution in [1.29, 1.82) is 0 Å². The number of pyridine rings is 1. The summed E-state index contributed by atoms with van der Waals surface area (Å²) in [5.74, 6) is 1.74. The summed E-state index contributed by atoms with van der Waals surface area (Å²) in [6.45, 7) is 3.51. The zero-order valence-corrected chi connectivity index (χ0v) is 17.1. The van der Waals surface area contributed by atoms with E-state index >= 15 is 0 Å². The second kappa shape index (κ2) is 8.81. The molecular weight excluding hydrogens is 356 g/mol. The van der Waals surface area contributed by atoms with Crippen LogP contribution in [0.4, 0.5) is 5.82 Å². The van der Waals surface area contributed by atoms with Crippen molar-refractivity contribution in [3.05, 3.63) is 52.0 Å². The second-order valence-corrected chi connectivity index (χ2v) is 7.57. The molecule has 2 N–H and O–H groups in total. The Bertz CT molecular complexity index is 931. The van der Waals surface area contributed by atoms with Gasteiger partial charge in [0.15, 0.2) is 5.96 Å². The fraction of sp³-hybridized carbons (Fsp3) is 0.350. The normalized spacial score (nSPS) is 11.6. The first-order valence-electron chi connectivity index (χ1n) is 8.98. The van der Waals surface area contributed by atoms with Crippen LogP contribution in [0.1, 0.15) is 16.3 Å². The van der Waals surface area contributed by atoms with Gasteiger partial charge in [-0.2, -0.15) is 0 Å². The van der Waals surface area contributed by atoms with Crippen molar-refractivity contribution in [3.8, 4) is 0 Å². The summed E-state index contributed by atoms with van der Waals surface area (Å²) < 4.78 is 0. The number of nitrogens with zero attached hydrogens (tertiary/aromatic N) is 4. The highest BCUT2D eigenvalue weighted by Gasteiger charge is 2.08. The summed E-state index contributed by atoms with van der Waals surface area (Å²) in [7, 11) is 5.81. The standard InChI is InChI=1S/C20H26N6S/c1-14-24-16(13-27-14)9-10-22-20(21-2)23-12-15-11-19(26(3)4)25-18-8-6-5-7-17(15)18/h5-8,11,13H,9-10,12H2,1-4H3,(H2,21,22,23). The van der Waals surface area contributed by atoms with Gasteiger partial charge in [-0.05, 0) is 24.6 Å². The number of fused-ring (bicyclic) bond motifs is 1. The summed E-state index contributed by atoms with van der Waals surface area (Å²) in [6, 6.07) is 10.4. The quantitative estimate of drug-likeness (QED) is 0.507. The van der Waals surface area contributed by atoms with Crippen molar-refractivity contribution in [2.45, 2.75) is 19.9 Å². The molecule has 0 atom stereocenters. The number of benzene rings is 1. The van der Waals surface area contributed by atoms with E-state index in [1.807, 2.05) is 38.1 Å². The Balaban J connectivity index is 1.65. The van der Waals surface area contributed by atoms with Crippen molar-refractivity contribution < 1.29 is 0 Å². The number of thiazole rings is 1. The largest absolute Gasteiger partial charge is 0.363 e. The fourth-order valence-corrected chi connectivity index (χ4v) is 3.49. The van der Waals surface area contributed by atoms with Gasteiger partial charge >= 0.3 is 0 Å². The monoisotopic (exact) mass is 382 g/mol. The summed E-state index contributed by atoms with van der Waals surface area (Å²) in [5, 5.41) is 11.1. The van der Waals surface area contributed by atoms with Gasteiger partial charge in [0, 0.05) is 51.4 Å². The number of rotatable bonds is 6. The first-order chi connectivity index (χ1) is 13.1. The molecule has 3 rings (SSSR count). The van der Waals surface area contributed by atoms with Gasteiger partial charge in [0.25, 0.3) is 0 Å². The summed E-state index contributed by atoms with van der Waals surface area (Å²) in [5.41, 5.74) is 3.32. The Morgan fingerprint density at radius 2 is 2.00 bits per heavy atom. The Hall–Kier alpha value is -2.67. The van der Waals surface area contributed by atoms with Gasteiger partial charge in [0.1, 0.15) is 5.82 Å². The third kappa shape index (κ3) is 4.95. The summed E-state index contributed by atoms with van der Waals surface area (Å²) in [6.07, 6.45) is 0.883. The lowest BCUT2D eigenvalue weighted by molar-refractivity contribution is 0.787. The Morgan fingerprint density at radius 1 is 1.19 bits per heavy atom. The van der Waals surface area contributed by atoms with Gasteiger partial charge in [-0.15, -0.1) is 11.3 Å². The fourth-order valence-electron chi connectivity index (χ4n) is 2.84. The molecule has 0 fully saturated rings. The highest BCUT2D eigenvalue weighted by Crippen LogP contribution is 2.21. The van der Waals surface area contributed by atoms with E-state index in [1.54, 1.807) is 18.4 Å². The Kier molecular flexibility index (Phi) is 6.24. The maximum absolute atomic E-state index is 4.71. The molecule has 0 spiro atoms. The van der Waals surface area contributed by atoms with E-state index in [4.69, 9.17) is 4.98 Å². The van der Waals surface area contributed by atoms with Crippen LogP contribution in [0.3, 0.4) is 0 Å². The third-order valence-electron chi connectivity index (χ3n) is 4.26. The molecule has 0 unspecified atom stereocenters. The van der Waals surface area contributed by atoms with Crippen LogP contribution in [-0.2, 0) is 13.0 Å². The van der Waals surface area contributed by atoms with E-state index in [0.717, 1.165) is 46.3 Å². The van der Waals surface area contributed by atoms with Crippen molar-refractivity contribution in [3.63, 3.8) is 0 Å². The minimum Gasteiger partial charge on any atom is -0.363 e. The second-order valence-electron chi connectivity index (χ2n) is 6.51. The average molecular weight is 383 g/mol. The molecule has 27 heavy (non-hydrogen) atoms. The number of aliphatic imine (C=N–C) groups is 1. The van der Waals surface area contributed by atoms with Crippen LogP contribution >= 0.6 is 11.3 Å². The first-order valence-corrected chi connectivity index (χ1v) is 9.86. The lowest BCUT2D eigenvalue weighted by Gasteiger charge is -2.16. The molecule has 0 aliphatic rings. The number of hydrogen-bond acceptors (Lipinski definition) is 5. The van der Waals surface area contributed by atoms with Gasteiger partial charge in [0.05, 0.1) is 16.2 Å². The molecule has 2 aromatic heterocycles. The van der Waals surface area contributed by atoms with Crippen LogP contribution in [0, 0.1) is 6.92 Å². The molecule has 0 saturated heterocycles. The van der Waals surface area contributed by atoms with Crippen molar-refractivity contribution >= 4 is 34.0 Å². The van der Waals surface area contributed by atoms with Gasteiger partial charge in [-0.25, -0.2) is 9.97 Å². The molecule has 2 heterocycles. The molecule has 0 amide bonds.